The highest BCUT2D eigenvalue weighted by atomic mass is 19.3. The second-order valence-electron chi connectivity index (χ2n) is 2.85. The zero-order valence-electron chi connectivity index (χ0n) is 5.71. The van der Waals surface area contributed by atoms with E-state index in [1.54, 1.807) is 0 Å². The van der Waals surface area contributed by atoms with E-state index in [-0.39, 0.29) is 18.0 Å². The van der Waals surface area contributed by atoms with Gasteiger partial charge in [-0.1, -0.05) is 0 Å². The standard InChI is InChI=1S/C6H8F2N2O/c7-5(8)4-2-1-3(2)11-6(9)10-4/h2-5H,1H2,(H2,9,10)/t2-,3+,4+/m1/s1. The van der Waals surface area contributed by atoms with Crippen LogP contribution in [0.1, 0.15) is 6.42 Å². The molecule has 1 fully saturated rings. The van der Waals surface area contributed by atoms with Gasteiger partial charge in [0.2, 0.25) is 0 Å². The fourth-order valence-corrected chi connectivity index (χ4v) is 1.36. The number of amidine groups is 1. The number of alkyl halides is 2. The summed E-state index contributed by atoms with van der Waals surface area (Å²) in [5, 5.41) is 0. The van der Waals surface area contributed by atoms with Crippen LogP contribution in [-0.2, 0) is 4.74 Å². The lowest BCUT2D eigenvalue weighted by Gasteiger charge is -2.17. The lowest BCUT2D eigenvalue weighted by atomic mass is 10.2. The molecule has 1 aliphatic heterocycles. The van der Waals surface area contributed by atoms with E-state index in [9.17, 15) is 8.78 Å². The molecule has 5 heteroatoms. The highest BCUT2D eigenvalue weighted by Crippen LogP contribution is 2.42. The summed E-state index contributed by atoms with van der Waals surface area (Å²) in [7, 11) is 0. The third kappa shape index (κ3) is 1.04. The van der Waals surface area contributed by atoms with Gasteiger partial charge >= 0.3 is 0 Å². The molecule has 0 unspecified atom stereocenters. The molecule has 0 bridgehead atoms. The van der Waals surface area contributed by atoms with Crippen LogP contribution in [0.5, 0.6) is 0 Å². The molecule has 11 heavy (non-hydrogen) atoms. The summed E-state index contributed by atoms with van der Waals surface area (Å²) in [5.74, 6) is -0.0951. The van der Waals surface area contributed by atoms with Crippen molar-refractivity contribution in [2.75, 3.05) is 0 Å². The largest absolute Gasteiger partial charge is 0.462 e. The van der Waals surface area contributed by atoms with E-state index in [0.717, 1.165) is 0 Å². The Morgan fingerprint density at radius 2 is 2.36 bits per heavy atom. The van der Waals surface area contributed by atoms with Gasteiger partial charge in [-0.05, 0) is 6.42 Å². The highest BCUT2D eigenvalue weighted by molar-refractivity contribution is 5.73. The Hall–Kier alpha value is -0.870. The van der Waals surface area contributed by atoms with E-state index in [4.69, 9.17) is 10.5 Å². The molecule has 62 valence electrons. The molecule has 0 spiro atoms. The van der Waals surface area contributed by atoms with Gasteiger partial charge in [-0.25, -0.2) is 13.8 Å². The number of nitrogens with zero attached hydrogens (tertiary/aromatic N) is 1. The van der Waals surface area contributed by atoms with E-state index in [1.807, 2.05) is 0 Å². The van der Waals surface area contributed by atoms with Crippen molar-refractivity contribution in [2.45, 2.75) is 25.0 Å². The molecule has 0 aromatic carbocycles. The highest BCUT2D eigenvalue weighted by Gasteiger charge is 2.51. The minimum atomic E-state index is -2.41. The van der Waals surface area contributed by atoms with Crippen molar-refractivity contribution < 1.29 is 13.5 Å². The Balaban J connectivity index is 2.13. The molecule has 1 heterocycles. The fraction of sp³-hybridized carbons (Fsp3) is 0.833. The van der Waals surface area contributed by atoms with Gasteiger partial charge in [0.1, 0.15) is 12.1 Å². The van der Waals surface area contributed by atoms with Crippen LogP contribution in [0.3, 0.4) is 0 Å². The molecule has 2 N–H and O–H groups in total. The summed E-state index contributed by atoms with van der Waals surface area (Å²) in [6.45, 7) is 0. The van der Waals surface area contributed by atoms with Crippen molar-refractivity contribution >= 4 is 6.02 Å². The summed E-state index contributed by atoms with van der Waals surface area (Å²) >= 11 is 0. The third-order valence-electron chi connectivity index (χ3n) is 2.02. The second-order valence-corrected chi connectivity index (χ2v) is 2.85. The van der Waals surface area contributed by atoms with Gasteiger partial charge in [-0.3, -0.25) is 0 Å². The number of hydrogen-bond donors (Lipinski definition) is 1. The topological polar surface area (TPSA) is 47.6 Å². The SMILES string of the molecule is NC1=N[C@H](C(F)F)[C@@H]2C[C@@H]2O1. The molecule has 2 aliphatic rings. The van der Waals surface area contributed by atoms with Gasteiger partial charge in [0, 0.05) is 5.92 Å². The van der Waals surface area contributed by atoms with Crippen LogP contribution in [0, 0.1) is 5.92 Å². The molecule has 0 aromatic heterocycles. The first kappa shape index (κ1) is 6.82. The molecular formula is C6H8F2N2O. The maximum Gasteiger partial charge on any atom is 0.282 e. The number of halogens is 2. The van der Waals surface area contributed by atoms with Gasteiger partial charge in [0.05, 0.1) is 0 Å². The Bertz CT molecular complexity index is 207. The van der Waals surface area contributed by atoms with Crippen molar-refractivity contribution in [1.82, 2.24) is 0 Å². The van der Waals surface area contributed by atoms with Crippen molar-refractivity contribution in [3.05, 3.63) is 0 Å². The average Bonchev–Trinajstić information content (AvgIpc) is 2.63. The Morgan fingerprint density at radius 3 is 3.00 bits per heavy atom. The number of hydrogen-bond acceptors (Lipinski definition) is 3. The van der Waals surface area contributed by atoms with Crippen LogP contribution >= 0.6 is 0 Å². The van der Waals surface area contributed by atoms with E-state index in [1.165, 1.54) is 0 Å². The lowest BCUT2D eigenvalue weighted by Crippen LogP contribution is -2.32. The van der Waals surface area contributed by atoms with Crippen LogP contribution in [0.25, 0.3) is 0 Å². The van der Waals surface area contributed by atoms with E-state index in [2.05, 4.69) is 4.99 Å². The Labute approximate surface area is 62.2 Å². The van der Waals surface area contributed by atoms with Crippen LogP contribution < -0.4 is 5.73 Å². The van der Waals surface area contributed by atoms with Crippen LogP contribution in [0.4, 0.5) is 8.78 Å². The summed E-state index contributed by atoms with van der Waals surface area (Å²) < 4.78 is 29.2. The number of fused-ring (bicyclic) bond motifs is 1. The predicted molar refractivity (Wildman–Crippen MR) is 34.4 cm³/mol. The second kappa shape index (κ2) is 2.06. The van der Waals surface area contributed by atoms with Crippen LogP contribution in [-0.4, -0.2) is 24.6 Å². The van der Waals surface area contributed by atoms with Crippen molar-refractivity contribution in [3.8, 4) is 0 Å². The number of rotatable bonds is 1. The Morgan fingerprint density at radius 1 is 1.64 bits per heavy atom. The molecule has 0 amide bonds. The normalized spacial score (nSPS) is 41.0. The molecule has 0 radical (unpaired) electrons. The molecule has 3 atom stereocenters. The first-order chi connectivity index (χ1) is 5.18. The zero-order valence-corrected chi connectivity index (χ0v) is 5.71. The van der Waals surface area contributed by atoms with Gasteiger partial charge in [-0.15, -0.1) is 0 Å². The first-order valence-electron chi connectivity index (χ1n) is 3.46. The van der Waals surface area contributed by atoms with Crippen LogP contribution in [0.2, 0.25) is 0 Å². The fourth-order valence-electron chi connectivity index (χ4n) is 1.36. The number of nitrogens with two attached hydrogens (primary N) is 1. The van der Waals surface area contributed by atoms with E-state index >= 15 is 0 Å². The van der Waals surface area contributed by atoms with Gasteiger partial charge in [0.15, 0.2) is 0 Å². The molecule has 2 rings (SSSR count). The monoisotopic (exact) mass is 162 g/mol. The maximum atomic E-state index is 12.2. The summed E-state index contributed by atoms with van der Waals surface area (Å²) in [5.41, 5.74) is 5.17. The third-order valence-corrected chi connectivity index (χ3v) is 2.02. The van der Waals surface area contributed by atoms with Crippen molar-refractivity contribution in [3.63, 3.8) is 0 Å². The van der Waals surface area contributed by atoms with E-state index in [0.29, 0.717) is 6.42 Å². The molecule has 0 saturated heterocycles. The predicted octanol–water partition coefficient (Wildman–Crippen LogP) is 0.353. The van der Waals surface area contributed by atoms with Gasteiger partial charge in [0.25, 0.3) is 12.4 Å². The Kier molecular flexibility index (Phi) is 1.27. The first-order valence-corrected chi connectivity index (χ1v) is 3.46. The smallest absolute Gasteiger partial charge is 0.282 e. The molecular weight excluding hydrogens is 154 g/mol. The average molecular weight is 162 g/mol. The summed E-state index contributed by atoms with van der Waals surface area (Å²) in [6, 6.07) is -1.01. The van der Waals surface area contributed by atoms with Gasteiger partial charge in [-0.2, -0.15) is 0 Å². The van der Waals surface area contributed by atoms with Crippen molar-refractivity contribution in [1.29, 1.82) is 0 Å². The molecule has 1 saturated carbocycles. The molecule has 3 nitrogen and oxygen atoms in total. The van der Waals surface area contributed by atoms with Crippen LogP contribution in [0.15, 0.2) is 4.99 Å². The molecule has 0 aromatic rings. The summed E-state index contributed by atoms with van der Waals surface area (Å²) in [4.78, 5) is 3.53. The zero-order chi connectivity index (χ0) is 8.01. The maximum absolute atomic E-state index is 12.2. The minimum absolute atomic E-state index is 0.0888. The minimum Gasteiger partial charge on any atom is -0.462 e. The number of ether oxygens (including phenoxy) is 1. The van der Waals surface area contributed by atoms with E-state index < -0.39 is 12.5 Å². The quantitative estimate of drug-likeness (QED) is 0.604. The van der Waals surface area contributed by atoms with Gasteiger partial charge < -0.3 is 10.5 Å². The summed E-state index contributed by atoms with van der Waals surface area (Å²) in [6.07, 6.45) is -1.84. The lowest BCUT2D eigenvalue weighted by molar-refractivity contribution is 0.0878. The number of aliphatic imine (C=N–C) groups is 1. The van der Waals surface area contributed by atoms with Crippen molar-refractivity contribution in [2.24, 2.45) is 16.6 Å². The molecule has 1 aliphatic carbocycles.